The molecule has 0 spiro atoms. The third-order valence-electron chi connectivity index (χ3n) is 3.32. The maximum Gasteiger partial charge on any atom is 0.139 e. The van der Waals surface area contributed by atoms with E-state index in [1.807, 2.05) is 6.92 Å². The lowest BCUT2D eigenvalue weighted by molar-refractivity contribution is 0.340. The third-order valence-corrected chi connectivity index (χ3v) is 3.32. The predicted molar refractivity (Wildman–Crippen MR) is 74.0 cm³/mol. The summed E-state index contributed by atoms with van der Waals surface area (Å²) in [5.41, 5.74) is 6.91. The van der Waals surface area contributed by atoms with Crippen molar-refractivity contribution in [1.82, 2.24) is 0 Å². The number of benzene rings is 2. The number of rotatable bonds is 2. The Kier molecular flexibility index (Phi) is 2.43. The van der Waals surface area contributed by atoms with E-state index in [0.29, 0.717) is 0 Å². The molecule has 0 aliphatic heterocycles. The van der Waals surface area contributed by atoms with Gasteiger partial charge in [0, 0.05) is 0 Å². The summed E-state index contributed by atoms with van der Waals surface area (Å²) >= 11 is 0. The molecule has 0 fully saturated rings. The molecule has 0 radical (unpaired) electrons. The molecule has 0 amide bonds. The smallest absolute Gasteiger partial charge is 0.139 e. The first-order valence-corrected chi connectivity index (χ1v) is 6.13. The van der Waals surface area contributed by atoms with E-state index in [1.54, 1.807) is 0 Å². The first-order chi connectivity index (χ1) is 8.28. The van der Waals surface area contributed by atoms with E-state index in [1.165, 1.54) is 27.7 Å². The summed E-state index contributed by atoms with van der Waals surface area (Å²) in [7, 11) is 2.15. The van der Waals surface area contributed by atoms with Crippen molar-refractivity contribution < 1.29 is 4.74 Å². The van der Waals surface area contributed by atoms with Gasteiger partial charge in [-0.15, -0.1) is 0 Å². The van der Waals surface area contributed by atoms with Crippen LogP contribution in [0.1, 0.15) is 18.1 Å². The maximum absolute atomic E-state index is 5.55. The highest BCUT2D eigenvalue weighted by Gasteiger charge is 2.18. The molecule has 0 saturated carbocycles. The summed E-state index contributed by atoms with van der Waals surface area (Å²) in [6, 6.07) is 13.1. The molecule has 0 heterocycles. The lowest BCUT2D eigenvalue weighted by Gasteiger charge is -2.05. The fourth-order valence-corrected chi connectivity index (χ4v) is 2.57. The average Bonchev–Trinajstić information content (AvgIpc) is 2.65. The molecule has 0 saturated heterocycles. The van der Waals surface area contributed by atoms with Gasteiger partial charge in [0.25, 0.3) is 0 Å². The molecule has 1 aliphatic carbocycles. The molecule has 0 aromatic heterocycles. The maximum atomic E-state index is 5.55. The number of fused-ring (bicyclic) bond motifs is 3. The number of hydrogen-bond donors (Lipinski definition) is 0. The Labute approximate surface area is 103 Å². The van der Waals surface area contributed by atoms with Crippen molar-refractivity contribution in [2.75, 3.05) is 6.61 Å². The molecule has 3 rings (SSSR count). The highest BCUT2D eigenvalue weighted by Crippen LogP contribution is 2.37. The average molecular weight is 222 g/mol. The summed E-state index contributed by atoms with van der Waals surface area (Å²) in [5, 5.41) is 0. The summed E-state index contributed by atoms with van der Waals surface area (Å²) < 4.78 is 5.55. The molecule has 0 bridgehead atoms. The van der Waals surface area contributed by atoms with Crippen LogP contribution in [0.3, 0.4) is 0 Å². The molecule has 1 nitrogen and oxygen atoms in total. The van der Waals surface area contributed by atoms with Crippen molar-refractivity contribution in [3.63, 3.8) is 0 Å². The molecule has 1 aliphatic rings. The van der Waals surface area contributed by atoms with Gasteiger partial charge in [0.2, 0.25) is 0 Å². The van der Waals surface area contributed by atoms with Gasteiger partial charge in [0.15, 0.2) is 0 Å². The Morgan fingerprint density at radius 3 is 2.53 bits per heavy atom. The molecular formula is C15H15BO. The van der Waals surface area contributed by atoms with Crippen LogP contribution in [0.25, 0.3) is 11.1 Å². The van der Waals surface area contributed by atoms with Gasteiger partial charge in [-0.3, -0.25) is 0 Å². The number of ether oxygens (including phenoxy) is 1. The molecular weight excluding hydrogens is 207 g/mol. The van der Waals surface area contributed by atoms with Crippen LogP contribution >= 0.6 is 0 Å². The lowest BCUT2D eigenvalue weighted by Crippen LogP contribution is -2.01. The van der Waals surface area contributed by atoms with E-state index in [2.05, 4.69) is 44.2 Å². The normalized spacial score (nSPS) is 12.1. The van der Waals surface area contributed by atoms with Gasteiger partial charge in [-0.2, -0.15) is 0 Å². The van der Waals surface area contributed by atoms with Crippen LogP contribution in [0.5, 0.6) is 5.75 Å². The van der Waals surface area contributed by atoms with Crippen molar-refractivity contribution in [1.29, 1.82) is 0 Å². The van der Waals surface area contributed by atoms with E-state index in [9.17, 15) is 0 Å². The summed E-state index contributed by atoms with van der Waals surface area (Å²) in [6.45, 7) is 2.75. The molecule has 0 N–H and O–H groups in total. The van der Waals surface area contributed by atoms with Gasteiger partial charge in [-0.05, 0) is 47.7 Å². The highest BCUT2D eigenvalue weighted by atomic mass is 16.5. The zero-order valence-corrected chi connectivity index (χ0v) is 10.3. The van der Waals surface area contributed by atoms with Crippen LogP contribution in [0.15, 0.2) is 36.4 Å². The van der Waals surface area contributed by atoms with Crippen molar-refractivity contribution in [2.24, 2.45) is 0 Å². The minimum Gasteiger partial charge on any atom is -0.494 e. The molecule has 17 heavy (non-hydrogen) atoms. The minimum absolute atomic E-state index is 0.727. The largest absolute Gasteiger partial charge is 0.494 e. The van der Waals surface area contributed by atoms with Crippen LogP contribution in [0, 0.1) is 0 Å². The first kappa shape index (κ1) is 10.5. The molecule has 0 atom stereocenters. The van der Waals surface area contributed by atoms with Crippen molar-refractivity contribution in [2.45, 2.75) is 13.3 Å². The fourth-order valence-electron chi connectivity index (χ4n) is 2.57. The lowest BCUT2D eigenvalue weighted by atomic mass is 9.92. The Hall–Kier alpha value is -1.70. The Balaban J connectivity index is 2.06. The monoisotopic (exact) mass is 222 g/mol. The van der Waals surface area contributed by atoms with Gasteiger partial charge in [-0.1, -0.05) is 29.7 Å². The standard InChI is InChI=1S/C15H15BO/c1-2-17-13-4-6-15-11(9-13)7-10-8-12(16)3-5-14(10)15/h3-6,8-9H,2,7,16H2,1H3. The predicted octanol–water partition coefficient (Wildman–Crippen LogP) is 1.91. The van der Waals surface area contributed by atoms with Crippen molar-refractivity contribution in [3.8, 4) is 16.9 Å². The third kappa shape index (κ3) is 1.74. The van der Waals surface area contributed by atoms with Gasteiger partial charge >= 0.3 is 0 Å². The Morgan fingerprint density at radius 2 is 1.76 bits per heavy atom. The van der Waals surface area contributed by atoms with Gasteiger partial charge in [-0.25, -0.2) is 0 Å². The highest BCUT2D eigenvalue weighted by molar-refractivity contribution is 6.32. The summed E-state index contributed by atoms with van der Waals surface area (Å²) in [6.07, 6.45) is 1.03. The molecule has 0 unspecified atom stereocenters. The second kappa shape index (κ2) is 3.95. The fraction of sp³-hybridized carbons (Fsp3) is 0.200. The second-order valence-electron chi connectivity index (χ2n) is 4.59. The van der Waals surface area contributed by atoms with Crippen molar-refractivity contribution >= 4 is 13.3 Å². The first-order valence-electron chi connectivity index (χ1n) is 6.13. The van der Waals surface area contributed by atoms with Gasteiger partial charge in [0.1, 0.15) is 13.6 Å². The minimum atomic E-state index is 0.727. The SMILES string of the molecule is Bc1ccc2c(c1)Cc1cc(OCC)ccc1-2. The van der Waals surface area contributed by atoms with Gasteiger partial charge in [0.05, 0.1) is 6.61 Å². The number of hydrogen-bond acceptors (Lipinski definition) is 1. The second-order valence-corrected chi connectivity index (χ2v) is 4.59. The van der Waals surface area contributed by atoms with Crippen LogP contribution in [-0.2, 0) is 6.42 Å². The quantitative estimate of drug-likeness (QED) is 0.602. The van der Waals surface area contributed by atoms with Crippen molar-refractivity contribution in [3.05, 3.63) is 47.5 Å². The molecule has 2 aromatic rings. The van der Waals surface area contributed by atoms with Crippen LogP contribution in [0.4, 0.5) is 0 Å². The summed E-state index contributed by atoms with van der Waals surface area (Å²) in [4.78, 5) is 0. The van der Waals surface area contributed by atoms with E-state index in [-0.39, 0.29) is 0 Å². The van der Waals surface area contributed by atoms with E-state index in [4.69, 9.17) is 4.74 Å². The molecule has 2 aromatic carbocycles. The van der Waals surface area contributed by atoms with E-state index in [0.717, 1.165) is 18.8 Å². The zero-order valence-electron chi connectivity index (χ0n) is 10.3. The molecule has 84 valence electrons. The van der Waals surface area contributed by atoms with Crippen LogP contribution in [0.2, 0.25) is 0 Å². The van der Waals surface area contributed by atoms with Gasteiger partial charge < -0.3 is 4.74 Å². The van der Waals surface area contributed by atoms with Crippen LogP contribution in [-0.4, -0.2) is 14.5 Å². The van der Waals surface area contributed by atoms with Crippen LogP contribution < -0.4 is 10.2 Å². The topological polar surface area (TPSA) is 9.23 Å². The Morgan fingerprint density at radius 1 is 1.06 bits per heavy atom. The van der Waals surface area contributed by atoms with E-state index < -0.39 is 0 Å². The van der Waals surface area contributed by atoms with E-state index >= 15 is 0 Å². The molecule has 2 heteroatoms. The summed E-state index contributed by atoms with van der Waals surface area (Å²) in [5.74, 6) is 0.982. The zero-order chi connectivity index (χ0) is 11.8. The Bertz CT molecular complexity index is 575.